The lowest BCUT2D eigenvalue weighted by Crippen LogP contribution is -2.47. The second-order valence-electron chi connectivity index (χ2n) is 6.23. The number of guanidine groups is 1. The summed E-state index contributed by atoms with van der Waals surface area (Å²) in [6, 6.07) is 11.7. The fraction of sp³-hybridized carbons (Fsp3) is 0.588. The first-order chi connectivity index (χ1) is 9.81. The fourth-order valence-corrected chi connectivity index (χ4v) is 3.39. The van der Waals surface area contributed by atoms with E-state index in [1.165, 1.54) is 50.5 Å². The molecule has 116 valence electrons. The zero-order chi connectivity index (χ0) is 13.8. The Labute approximate surface area is 144 Å². The molecule has 0 aromatic heterocycles. The van der Waals surface area contributed by atoms with Gasteiger partial charge in [0.15, 0.2) is 5.96 Å². The molecule has 0 radical (unpaired) electrons. The van der Waals surface area contributed by atoms with E-state index in [9.17, 15) is 0 Å². The molecule has 2 fully saturated rings. The van der Waals surface area contributed by atoms with E-state index >= 15 is 0 Å². The number of nitrogens with zero attached hydrogens (tertiary/aromatic N) is 1. The lowest BCUT2D eigenvalue weighted by molar-refractivity contribution is 0.322. The van der Waals surface area contributed by atoms with Crippen LogP contribution in [0.25, 0.3) is 0 Å². The van der Waals surface area contributed by atoms with E-state index < -0.39 is 0 Å². The quantitative estimate of drug-likeness (QED) is 0.462. The van der Waals surface area contributed by atoms with Crippen molar-refractivity contribution in [3.8, 4) is 0 Å². The van der Waals surface area contributed by atoms with Gasteiger partial charge in [0, 0.05) is 6.04 Å². The molecule has 0 aliphatic heterocycles. The molecule has 1 aromatic carbocycles. The van der Waals surface area contributed by atoms with Crippen molar-refractivity contribution in [2.45, 2.75) is 62.9 Å². The highest BCUT2D eigenvalue weighted by atomic mass is 127. The fourth-order valence-electron chi connectivity index (χ4n) is 3.39. The maximum absolute atomic E-state index is 6.04. The number of nitrogens with two attached hydrogens (primary N) is 1. The van der Waals surface area contributed by atoms with Crippen LogP contribution in [0.1, 0.15) is 56.4 Å². The van der Waals surface area contributed by atoms with E-state index in [1.807, 2.05) is 0 Å². The van der Waals surface area contributed by atoms with E-state index in [2.05, 4.69) is 40.6 Å². The molecule has 0 spiro atoms. The number of halogens is 1. The summed E-state index contributed by atoms with van der Waals surface area (Å²) >= 11 is 0. The number of aliphatic imine (C=N–C) groups is 1. The predicted molar refractivity (Wildman–Crippen MR) is 99.3 cm³/mol. The standard InChI is InChI=1S/C17H25N3.HI/c18-17(19-15-9-5-2-6-10-15)20-16-11-14(12-16)13-7-3-1-4-8-13;/h1,3-4,7-8,14-16H,2,5-6,9-12H2,(H3,18,19,20);1H. The molecule has 0 amide bonds. The van der Waals surface area contributed by atoms with Gasteiger partial charge in [0.05, 0.1) is 6.04 Å². The van der Waals surface area contributed by atoms with Gasteiger partial charge in [-0.15, -0.1) is 24.0 Å². The van der Waals surface area contributed by atoms with Crippen LogP contribution in [0.2, 0.25) is 0 Å². The molecule has 0 heterocycles. The van der Waals surface area contributed by atoms with Crippen LogP contribution in [0.3, 0.4) is 0 Å². The van der Waals surface area contributed by atoms with Crippen LogP contribution >= 0.6 is 24.0 Å². The summed E-state index contributed by atoms with van der Waals surface area (Å²) in [5.74, 6) is 1.35. The third kappa shape index (κ3) is 4.59. The molecule has 3 N–H and O–H groups in total. The summed E-state index contributed by atoms with van der Waals surface area (Å²) < 4.78 is 0. The first-order valence-corrected chi connectivity index (χ1v) is 7.96. The van der Waals surface area contributed by atoms with Crippen LogP contribution in [0.5, 0.6) is 0 Å². The molecular weight excluding hydrogens is 373 g/mol. The van der Waals surface area contributed by atoms with Crippen LogP contribution < -0.4 is 11.1 Å². The summed E-state index contributed by atoms with van der Waals surface area (Å²) in [4.78, 5) is 4.64. The Morgan fingerprint density at radius 3 is 2.38 bits per heavy atom. The lowest BCUT2D eigenvalue weighted by Gasteiger charge is -2.36. The average Bonchev–Trinajstić information content (AvgIpc) is 2.44. The van der Waals surface area contributed by atoms with Crippen molar-refractivity contribution >= 4 is 29.9 Å². The van der Waals surface area contributed by atoms with Gasteiger partial charge in [0.1, 0.15) is 0 Å². The maximum Gasteiger partial charge on any atom is 0.189 e. The van der Waals surface area contributed by atoms with E-state index in [4.69, 9.17) is 5.73 Å². The van der Waals surface area contributed by atoms with Crippen molar-refractivity contribution in [3.05, 3.63) is 35.9 Å². The van der Waals surface area contributed by atoms with Gasteiger partial charge in [-0.3, -0.25) is 4.99 Å². The number of nitrogens with one attached hydrogen (secondary N) is 1. The highest BCUT2D eigenvalue weighted by Gasteiger charge is 2.30. The van der Waals surface area contributed by atoms with Crippen LogP contribution in [0, 0.1) is 0 Å². The number of hydrogen-bond acceptors (Lipinski definition) is 1. The SMILES string of the molecule is I.NC(=NC1CCCCC1)NC1CC(c2ccccc2)C1. The summed E-state index contributed by atoms with van der Waals surface area (Å²) in [5.41, 5.74) is 7.49. The maximum atomic E-state index is 6.04. The molecule has 4 heteroatoms. The molecule has 0 saturated heterocycles. The van der Waals surface area contributed by atoms with Gasteiger partial charge in [-0.1, -0.05) is 49.6 Å². The molecule has 2 aliphatic carbocycles. The molecule has 1 aromatic rings. The first kappa shape index (κ1) is 16.6. The monoisotopic (exact) mass is 399 g/mol. The molecule has 0 unspecified atom stereocenters. The molecule has 21 heavy (non-hydrogen) atoms. The lowest BCUT2D eigenvalue weighted by atomic mass is 9.76. The van der Waals surface area contributed by atoms with Crippen LogP contribution in [0.4, 0.5) is 0 Å². The van der Waals surface area contributed by atoms with Gasteiger partial charge in [-0.05, 0) is 37.2 Å². The summed E-state index contributed by atoms with van der Waals surface area (Å²) in [5, 5.41) is 3.39. The Kier molecular flexibility index (Phi) is 6.33. The molecule has 2 saturated carbocycles. The van der Waals surface area contributed by atoms with Crippen LogP contribution in [-0.2, 0) is 0 Å². The first-order valence-electron chi connectivity index (χ1n) is 7.96. The van der Waals surface area contributed by atoms with Gasteiger partial charge >= 0.3 is 0 Å². The van der Waals surface area contributed by atoms with Gasteiger partial charge in [0.25, 0.3) is 0 Å². The second-order valence-corrected chi connectivity index (χ2v) is 6.23. The van der Waals surface area contributed by atoms with Gasteiger partial charge in [-0.25, -0.2) is 0 Å². The van der Waals surface area contributed by atoms with E-state index in [0.717, 1.165) is 0 Å². The van der Waals surface area contributed by atoms with Gasteiger partial charge < -0.3 is 11.1 Å². The largest absolute Gasteiger partial charge is 0.370 e. The molecule has 3 nitrogen and oxygen atoms in total. The summed E-state index contributed by atoms with van der Waals surface area (Å²) in [6.45, 7) is 0. The van der Waals surface area contributed by atoms with Crippen LogP contribution in [-0.4, -0.2) is 18.0 Å². The Morgan fingerprint density at radius 1 is 1.05 bits per heavy atom. The Bertz CT molecular complexity index is 448. The van der Waals surface area contributed by atoms with Crippen molar-refractivity contribution in [1.29, 1.82) is 0 Å². The zero-order valence-corrected chi connectivity index (χ0v) is 14.8. The molecule has 0 bridgehead atoms. The Morgan fingerprint density at radius 2 is 1.71 bits per heavy atom. The van der Waals surface area contributed by atoms with Crippen molar-refractivity contribution in [1.82, 2.24) is 5.32 Å². The number of benzene rings is 1. The van der Waals surface area contributed by atoms with E-state index in [0.29, 0.717) is 24.0 Å². The van der Waals surface area contributed by atoms with E-state index in [-0.39, 0.29) is 24.0 Å². The minimum absolute atomic E-state index is 0. The third-order valence-electron chi connectivity index (χ3n) is 4.66. The number of rotatable bonds is 3. The molecule has 0 atom stereocenters. The van der Waals surface area contributed by atoms with Crippen LogP contribution in [0.15, 0.2) is 35.3 Å². The Balaban J connectivity index is 0.00000161. The highest BCUT2D eigenvalue weighted by molar-refractivity contribution is 14.0. The second kappa shape index (κ2) is 8.01. The highest BCUT2D eigenvalue weighted by Crippen LogP contribution is 2.36. The minimum Gasteiger partial charge on any atom is -0.370 e. The number of hydrogen-bond donors (Lipinski definition) is 2. The normalized spacial score (nSPS) is 26.6. The van der Waals surface area contributed by atoms with E-state index in [1.54, 1.807) is 0 Å². The Hall–Kier alpha value is -0.780. The summed E-state index contributed by atoms with van der Waals surface area (Å²) in [6.07, 6.45) is 8.73. The molecule has 3 rings (SSSR count). The third-order valence-corrected chi connectivity index (χ3v) is 4.66. The predicted octanol–water partition coefficient (Wildman–Crippen LogP) is 3.79. The minimum atomic E-state index is 0. The summed E-state index contributed by atoms with van der Waals surface area (Å²) in [7, 11) is 0. The van der Waals surface area contributed by atoms with Crippen molar-refractivity contribution < 1.29 is 0 Å². The van der Waals surface area contributed by atoms with Gasteiger partial charge in [-0.2, -0.15) is 0 Å². The van der Waals surface area contributed by atoms with Crippen molar-refractivity contribution in [2.75, 3.05) is 0 Å². The van der Waals surface area contributed by atoms with Gasteiger partial charge in [0.2, 0.25) is 0 Å². The topological polar surface area (TPSA) is 50.4 Å². The zero-order valence-electron chi connectivity index (χ0n) is 12.5. The molecular formula is C17H26IN3. The molecule has 2 aliphatic rings. The van der Waals surface area contributed by atoms with Crippen molar-refractivity contribution in [2.24, 2.45) is 10.7 Å². The average molecular weight is 399 g/mol. The van der Waals surface area contributed by atoms with Crippen molar-refractivity contribution in [3.63, 3.8) is 0 Å². The smallest absolute Gasteiger partial charge is 0.189 e.